The number of aromatic nitrogens is 6. The van der Waals surface area contributed by atoms with Gasteiger partial charge in [0.15, 0.2) is 12.1 Å². The number of esters is 1. The van der Waals surface area contributed by atoms with Crippen molar-refractivity contribution in [3.8, 4) is 28.5 Å². The number of fused-ring (bicyclic) bond motifs is 1. The average molecular weight is 765 g/mol. The topological polar surface area (TPSA) is 97.0 Å². The quantitative estimate of drug-likeness (QED) is 0.0904. The molecule has 284 valence electrons. The van der Waals surface area contributed by atoms with Crippen LogP contribution in [0.1, 0.15) is 39.5 Å². The number of rotatable bonds is 12. The minimum Gasteiger partial charge on any atom is -0.465 e. The fourth-order valence-electron chi connectivity index (χ4n) is 7.19. The van der Waals surface area contributed by atoms with Crippen molar-refractivity contribution in [1.29, 1.82) is 0 Å². The summed E-state index contributed by atoms with van der Waals surface area (Å²) in [7, 11) is 0. The van der Waals surface area contributed by atoms with E-state index in [1.165, 1.54) is 6.07 Å². The van der Waals surface area contributed by atoms with Crippen LogP contribution in [-0.2, 0) is 16.8 Å². The first-order valence-electron chi connectivity index (χ1n) is 18.3. The highest BCUT2D eigenvalue weighted by molar-refractivity contribution is 6.02. The van der Waals surface area contributed by atoms with Crippen molar-refractivity contribution in [3.05, 3.63) is 186 Å². The van der Waals surface area contributed by atoms with Crippen LogP contribution in [0.2, 0.25) is 0 Å². The number of alkyl halides is 3. The van der Waals surface area contributed by atoms with Gasteiger partial charge in [-0.05, 0) is 57.7 Å². The fraction of sp³-hybridized carbons (Fsp3) is 0.133. The predicted octanol–water partition coefficient (Wildman–Crippen LogP) is 9.36. The molecular weight excluding hydrogens is 730 g/mol. The summed E-state index contributed by atoms with van der Waals surface area (Å²) < 4.78 is 50.8. The Kier molecular flexibility index (Phi) is 10.1. The summed E-state index contributed by atoms with van der Waals surface area (Å²) >= 11 is 0. The Balaban J connectivity index is 1.16. The zero-order valence-corrected chi connectivity index (χ0v) is 30.7. The summed E-state index contributed by atoms with van der Waals surface area (Å²) in [6.45, 7) is 0.604. The van der Waals surface area contributed by atoms with Crippen LogP contribution >= 0.6 is 0 Å². The van der Waals surface area contributed by atoms with Gasteiger partial charge in [-0.3, -0.25) is 4.57 Å². The van der Waals surface area contributed by atoms with Crippen molar-refractivity contribution in [2.45, 2.75) is 25.2 Å². The first-order chi connectivity index (χ1) is 27.8. The molecule has 8 aromatic rings. The second-order valence-electron chi connectivity index (χ2n) is 13.2. The van der Waals surface area contributed by atoms with Crippen molar-refractivity contribution >= 4 is 17.0 Å². The molecule has 0 N–H and O–H groups in total. The molecule has 12 heteroatoms. The van der Waals surface area contributed by atoms with E-state index in [0.717, 1.165) is 38.9 Å². The largest absolute Gasteiger partial charge is 0.465 e. The van der Waals surface area contributed by atoms with E-state index in [9.17, 15) is 18.0 Å². The van der Waals surface area contributed by atoms with Gasteiger partial charge >= 0.3 is 12.1 Å². The molecule has 0 spiro atoms. The molecule has 0 amide bonds. The van der Waals surface area contributed by atoms with Gasteiger partial charge in [-0.1, -0.05) is 146 Å². The van der Waals surface area contributed by atoms with E-state index >= 15 is 0 Å². The summed E-state index contributed by atoms with van der Waals surface area (Å²) in [6.07, 6.45) is -4.66. The zero-order chi connectivity index (χ0) is 39.4. The zero-order valence-electron chi connectivity index (χ0n) is 30.7. The van der Waals surface area contributed by atoms with E-state index < -0.39 is 24.3 Å². The van der Waals surface area contributed by atoms with Gasteiger partial charge in [-0.15, -0.1) is 15.0 Å². The van der Waals surface area contributed by atoms with Crippen LogP contribution in [-0.4, -0.2) is 55.1 Å². The van der Waals surface area contributed by atoms with Crippen LogP contribution in [0.25, 0.3) is 33.5 Å². The summed E-state index contributed by atoms with van der Waals surface area (Å²) in [4.78, 5) is 19.1. The van der Waals surface area contributed by atoms with Gasteiger partial charge in [0.1, 0.15) is 0 Å². The number of carbonyl (C=O) groups excluding carboxylic acids is 1. The molecule has 0 aliphatic carbocycles. The van der Waals surface area contributed by atoms with Crippen molar-refractivity contribution < 1.29 is 27.4 Å². The molecular formula is C45H35F3N6O3. The highest BCUT2D eigenvalue weighted by Crippen LogP contribution is 2.40. The third-order valence-corrected chi connectivity index (χ3v) is 9.65. The minimum atomic E-state index is -4.66. The highest BCUT2D eigenvalue weighted by atomic mass is 19.4. The second kappa shape index (κ2) is 15.6. The molecule has 6 aromatic carbocycles. The van der Waals surface area contributed by atoms with Crippen molar-refractivity contribution in [2.75, 3.05) is 13.2 Å². The van der Waals surface area contributed by atoms with Crippen molar-refractivity contribution in [3.63, 3.8) is 0 Å². The number of benzene rings is 6. The molecule has 8 rings (SSSR count). The van der Waals surface area contributed by atoms with E-state index in [-0.39, 0.29) is 24.7 Å². The molecule has 9 nitrogen and oxygen atoms in total. The minimum absolute atomic E-state index is 0.0443. The van der Waals surface area contributed by atoms with Gasteiger partial charge in [0.25, 0.3) is 6.01 Å². The molecule has 0 saturated heterocycles. The number of tetrazole rings is 1. The second-order valence-corrected chi connectivity index (χ2v) is 13.2. The Morgan fingerprint density at radius 3 is 1.84 bits per heavy atom. The lowest BCUT2D eigenvalue weighted by Crippen LogP contribution is -2.39. The third-order valence-electron chi connectivity index (χ3n) is 9.65. The lowest BCUT2D eigenvalue weighted by Gasteiger charge is -2.34. The van der Waals surface area contributed by atoms with Crippen LogP contribution in [0.3, 0.4) is 0 Å². The Labute approximate surface area is 326 Å². The molecule has 0 aliphatic heterocycles. The lowest BCUT2D eigenvalue weighted by molar-refractivity contribution is -0.161. The molecule has 0 unspecified atom stereocenters. The molecule has 2 aromatic heterocycles. The molecule has 0 aliphatic rings. The molecule has 0 bridgehead atoms. The van der Waals surface area contributed by atoms with Gasteiger partial charge in [0, 0.05) is 5.56 Å². The van der Waals surface area contributed by atoms with Crippen LogP contribution in [0.5, 0.6) is 6.01 Å². The number of hydrogen-bond donors (Lipinski definition) is 0. The van der Waals surface area contributed by atoms with Crippen LogP contribution in [0.15, 0.2) is 158 Å². The van der Waals surface area contributed by atoms with E-state index in [1.54, 1.807) is 28.4 Å². The molecule has 0 saturated carbocycles. The van der Waals surface area contributed by atoms with Gasteiger partial charge < -0.3 is 9.47 Å². The Morgan fingerprint density at radius 2 is 1.26 bits per heavy atom. The lowest BCUT2D eigenvalue weighted by atomic mass is 9.77. The van der Waals surface area contributed by atoms with E-state index in [0.29, 0.717) is 16.9 Å². The Hall–Kier alpha value is -7.08. The molecule has 0 radical (unpaired) electrons. The van der Waals surface area contributed by atoms with E-state index in [1.807, 2.05) is 103 Å². The number of imidazole rings is 1. The summed E-state index contributed by atoms with van der Waals surface area (Å²) in [5.74, 6) is -0.661. The molecule has 0 fully saturated rings. The van der Waals surface area contributed by atoms with Crippen LogP contribution < -0.4 is 4.74 Å². The first kappa shape index (κ1) is 36.9. The number of halogens is 3. The predicted molar refractivity (Wildman–Crippen MR) is 210 cm³/mol. The number of ether oxygens (including phenoxy) is 2. The van der Waals surface area contributed by atoms with E-state index in [2.05, 4.69) is 51.2 Å². The number of para-hydroxylation sites is 1. The van der Waals surface area contributed by atoms with Crippen molar-refractivity contribution in [1.82, 2.24) is 29.8 Å². The molecule has 57 heavy (non-hydrogen) atoms. The molecule has 0 atom stereocenters. The van der Waals surface area contributed by atoms with Gasteiger partial charge in [-0.2, -0.15) is 18.2 Å². The third kappa shape index (κ3) is 7.25. The molecule has 2 heterocycles. The normalized spacial score (nSPS) is 11.8. The van der Waals surface area contributed by atoms with Crippen molar-refractivity contribution in [2.24, 2.45) is 0 Å². The van der Waals surface area contributed by atoms with Crippen LogP contribution in [0.4, 0.5) is 13.2 Å². The Morgan fingerprint density at radius 1 is 0.684 bits per heavy atom. The summed E-state index contributed by atoms with van der Waals surface area (Å²) in [6, 6.07) is 50.9. The monoisotopic (exact) mass is 764 g/mol. The smallest absolute Gasteiger partial charge is 0.422 e. The number of carbonyl (C=O) groups is 1. The number of nitrogens with zero attached hydrogens (tertiary/aromatic N) is 6. The SMILES string of the molecule is CCOc1nc2cccc(C(=O)OCC(F)(F)F)c2n1Cc1ccc(-c2ccccc2-c2nnn(C(c3ccccc3)(c3ccccc3)c3ccccc3)n2)cc1. The standard InChI is InChI=1S/C45H35F3N6O3/c1-2-56-43-49-39-24-14-23-38(42(55)57-30-44(46,47)48)40(39)53(43)29-31-25-27-32(28-26-31)36-21-12-13-22-37(36)41-50-52-54(51-41)45(33-15-6-3-7-16-33,34-17-8-4-9-18-34)35-19-10-5-11-20-35/h3-28H,2,29-30H2,1H3. The summed E-state index contributed by atoms with van der Waals surface area (Å²) in [5, 5.41) is 14.5. The maximum Gasteiger partial charge on any atom is 0.422 e. The maximum atomic E-state index is 12.9. The van der Waals surface area contributed by atoms with E-state index in [4.69, 9.17) is 15.0 Å². The maximum absolute atomic E-state index is 12.9. The highest BCUT2D eigenvalue weighted by Gasteiger charge is 2.41. The fourth-order valence-corrected chi connectivity index (χ4v) is 7.19. The van der Waals surface area contributed by atoms with Crippen LogP contribution in [0, 0.1) is 0 Å². The summed E-state index contributed by atoms with van der Waals surface area (Å²) in [5.41, 5.74) is 6.02. The van der Waals surface area contributed by atoms with Gasteiger partial charge in [0.05, 0.1) is 29.7 Å². The Bertz CT molecular complexity index is 2530. The average Bonchev–Trinajstić information content (AvgIpc) is 3.87. The van der Waals surface area contributed by atoms with Gasteiger partial charge in [-0.25, -0.2) is 4.79 Å². The first-order valence-corrected chi connectivity index (χ1v) is 18.3. The van der Waals surface area contributed by atoms with Gasteiger partial charge in [0.2, 0.25) is 5.82 Å². The number of hydrogen-bond acceptors (Lipinski definition) is 7.